The van der Waals surface area contributed by atoms with Crippen molar-refractivity contribution in [1.29, 1.82) is 5.26 Å². The second-order valence-corrected chi connectivity index (χ2v) is 10.1. The van der Waals surface area contributed by atoms with Gasteiger partial charge in [0.05, 0.1) is 35.4 Å². The Morgan fingerprint density at radius 3 is 2.44 bits per heavy atom. The predicted octanol–water partition coefficient (Wildman–Crippen LogP) is 3.20. The number of pyridine rings is 1. The first-order valence-electron chi connectivity index (χ1n) is 11.9. The predicted molar refractivity (Wildman–Crippen MR) is 125 cm³/mol. The summed E-state index contributed by atoms with van der Waals surface area (Å²) in [4.78, 5) is 45.8. The molecule has 2 aliphatic heterocycles. The van der Waals surface area contributed by atoms with Crippen LogP contribution in [0.25, 0.3) is 0 Å². The Morgan fingerprint density at radius 1 is 1.24 bits per heavy atom. The van der Waals surface area contributed by atoms with Crippen LogP contribution in [0.2, 0.25) is 0 Å². The Labute approximate surface area is 201 Å². The first kappa shape index (κ1) is 25.5. The van der Waals surface area contributed by atoms with Gasteiger partial charge < -0.3 is 19.3 Å². The Kier molecular flexibility index (Phi) is 7.80. The average molecular weight is 471 g/mol. The number of piperidine rings is 1. The molecule has 0 N–H and O–H groups in total. The van der Waals surface area contributed by atoms with Crippen molar-refractivity contribution < 1.29 is 23.9 Å². The average Bonchev–Trinajstić information content (AvgIpc) is 3.16. The molecule has 0 unspecified atom stereocenters. The lowest BCUT2D eigenvalue weighted by molar-refractivity contribution is -0.160. The number of esters is 2. The molecule has 1 aromatic heterocycles. The number of nitrogens with zero attached hydrogens (tertiary/aromatic N) is 4. The van der Waals surface area contributed by atoms with Gasteiger partial charge in [-0.05, 0) is 59.9 Å². The van der Waals surface area contributed by atoms with Crippen LogP contribution in [0.4, 0.5) is 5.82 Å². The molecule has 0 bridgehead atoms. The molecule has 2 saturated heterocycles. The standard InChI is InChI=1S/C25H34N4O5/c1-16(2)33-24(32)19-13-18(14-26)22(27-20(19)15-29-10-6-7-21(29)30)28-11-8-17(9-12-28)23(31)34-25(3,4)5/h13,16-17H,6-12,15H2,1-5H3. The number of nitriles is 1. The van der Waals surface area contributed by atoms with Crippen molar-refractivity contribution in [3.05, 3.63) is 22.9 Å². The minimum absolute atomic E-state index is 0.0223. The van der Waals surface area contributed by atoms with Gasteiger partial charge in [-0.25, -0.2) is 9.78 Å². The molecule has 1 aromatic rings. The maximum Gasteiger partial charge on any atom is 0.340 e. The molecule has 2 fully saturated rings. The summed E-state index contributed by atoms with van der Waals surface area (Å²) in [6.45, 7) is 10.9. The molecule has 0 spiro atoms. The fourth-order valence-corrected chi connectivity index (χ4v) is 4.20. The van der Waals surface area contributed by atoms with Gasteiger partial charge >= 0.3 is 11.9 Å². The molecule has 0 radical (unpaired) electrons. The van der Waals surface area contributed by atoms with E-state index < -0.39 is 11.6 Å². The maximum absolute atomic E-state index is 12.8. The van der Waals surface area contributed by atoms with Crippen molar-refractivity contribution in [2.24, 2.45) is 5.92 Å². The molecule has 2 aliphatic rings. The first-order chi connectivity index (χ1) is 16.0. The highest BCUT2D eigenvalue weighted by atomic mass is 16.6. The van der Waals surface area contributed by atoms with Crippen molar-refractivity contribution in [2.75, 3.05) is 24.5 Å². The summed E-state index contributed by atoms with van der Waals surface area (Å²) < 4.78 is 10.9. The molecule has 0 aromatic carbocycles. The van der Waals surface area contributed by atoms with Crippen molar-refractivity contribution in [1.82, 2.24) is 9.88 Å². The van der Waals surface area contributed by atoms with Gasteiger partial charge in [0.1, 0.15) is 17.5 Å². The Hall–Kier alpha value is -3.15. The lowest BCUT2D eigenvalue weighted by Crippen LogP contribution is -2.39. The lowest BCUT2D eigenvalue weighted by Gasteiger charge is -2.34. The minimum Gasteiger partial charge on any atom is -0.460 e. The highest BCUT2D eigenvalue weighted by molar-refractivity contribution is 5.92. The highest BCUT2D eigenvalue weighted by Gasteiger charge is 2.32. The van der Waals surface area contributed by atoms with Gasteiger partial charge in [-0.2, -0.15) is 5.26 Å². The molecule has 184 valence electrons. The number of aromatic nitrogens is 1. The van der Waals surface area contributed by atoms with E-state index in [9.17, 15) is 19.6 Å². The van der Waals surface area contributed by atoms with Gasteiger partial charge in [-0.1, -0.05) is 0 Å². The normalized spacial score (nSPS) is 17.1. The van der Waals surface area contributed by atoms with Crippen LogP contribution < -0.4 is 4.90 Å². The number of ether oxygens (including phenoxy) is 2. The van der Waals surface area contributed by atoms with Crippen LogP contribution in [0.3, 0.4) is 0 Å². The Morgan fingerprint density at radius 2 is 1.91 bits per heavy atom. The number of hydrogen-bond donors (Lipinski definition) is 0. The Bertz CT molecular complexity index is 984. The molecule has 3 rings (SSSR count). The van der Waals surface area contributed by atoms with Gasteiger partial charge in [0.2, 0.25) is 5.91 Å². The molecular formula is C25H34N4O5. The second-order valence-electron chi connectivity index (χ2n) is 10.1. The van der Waals surface area contributed by atoms with Crippen LogP contribution in [-0.4, -0.2) is 59.1 Å². The minimum atomic E-state index is -0.559. The summed E-state index contributed by atoms with van der Waals surface area (Å²) in [6.07, 6.45) is 2.08. The highest BCUT2D eigenvalue weighted by Crippen LogP contribution is 2.29. The maximum atomic E-state index is 12.8. The molecule has 3 heterocycles. The van der Waals surface area contributed by atoms with E-state index in [4.69, 9.17) is 14.5 Å². The number of anilines is 1. The van der Waals surface area contributed by atoms with Gasteiger partial charge in [0.25, 0.3) is 0 Å². The smallest absolute Gasteiger partial charge is 0.340 e. The zero-order valence-electron chi connectivity index (χ0n) is 20.7. The summed E-state index contributed by atoms with van der Waals surface area (Å²) in [6, 6.07) is 3.67. The summed E-state index contributed by atoms with van der Waals surface area (Å²) in [5.41, 5.74) is 0.357. The van der Waals surface area contributed by atoms with Crippen LogP contribution in [0.5, 0.6) is 0 Å². The summed E-state index contributed by atoms with van der Waals surface area (Å²) in [7, 11) is 0. The van der Waals surface area contributed by atoms with E-state index in [-0.39, 0.29) is 41.6 Å². The third-order valence-electron chi connectivity index (χ3n) is 5.81. The Balaban J connectivity index is 1.86. The van der Waals surface area contributed by atoms with Crippen LogP contribution in [0, 0.1) is 17.2 Å². The van der Waals surface area contributed by atoms with Crippen LogP contribution >= 0.6 is 0 Å². The van der Waals surface area contributed by atoms with E-state index in [1.165, 1.54) is 6.07 Å². The SMILES string of the molecule is CC(C)OC(=O)c1cc(C#N)c(N2CCC(C(=O)OC(C)(C)C)CC2)nc1CN1CCCC1=O. The second kappa shape index (κ2) is 10.4. The number of carbonyl (C=O) groups is 3. The van der Waals surface area contributed by atoms with E-state index in [0.29, 0.717) is 50.4 Å². The molecular weight excluding hydrogens is 436 g/mol. The molecule has 9 nitrogen and oxygen atoms in total. The number of likely N-dealkylation sites (tertiary alicyclic amines) is 1. The topological polar surface area (TPSA) is 113 Å². The van der Waals surface area contributed by atoms with Crippen molar-refractivity contribution >= 4 is 23.7 Å². The third kappa shape index (κ3) is 6.25. The molecule has 1 amide bonds. The number of carbonyl (C=O) groups excluding carboxylic acids is 3. The van der Waals surface area contributed by atoms with E-state index >= 15 is 0 Å². The van der Waals surface area contributed by atoms with Gasteiger partial charge in [-0.3, -0.25) is 9.59 Å². The largest absolute Gasteiger partial charge is 0.460 e. The fraction of sp³-hybridized carbons (Fsp3) is 0.640. The molecule has 9 heteroatoms. The summed E-state index contributed by atoms with van der Waals surface area (Å²) in [5, 5.41) is 9.81. The first-order valence-corrected chi connectivity index (χ1v) is 11.9. The van der Waals surface area contributed by atoms with E-state index in [2.05, 4.69) is 6.07 Å². The molecule has 0 atom stereocenters. The van der Waals surface area contributed by atoms with Crippen molar-refractivity contribution in [3.63, 3.8) is 0 Å². The number of hydrogen-bond acceptors (Lipinski definition) is 8. The van der Waals surface area contributed by atoms with Crippen molar-refractivity contribution in [2.45, 2.75) is 78.6 Å². The van der Waals surface area contributed by atoms with E-state index in [0.717, 1.165) is 6.42 Å². The van der Waals surface area contributed by atoms with Crippen molar-refractivity contribution in [3.8, 4) is 6.07 Å². The summed E-state index contributed by atoms with van der Waals surface area (Å²) >= 11 is 0. The van der Waals surface area contributed by atoms with Crippen LogP contribution in [-0.2, 0) is 25.6 Å². The molecule has 34 heavy (non-hydrogen) atoms. The van der Waals surface area contributed by atoms with Crippen LogP contribution in [0.1, 0.15) is 81.9 Å². The number of rotatable bonds is 6. The zero-order valence-corrected chi connectivity index (χ0v) is 20.7. The molecule has 0 aliphatic carbocycles. The monoisotopic (exact) mass is 470 g/mol. The summed E-state index contributed by atoms with van der Waals surface area (Å²) in [5.74, 6) is -0.485. The van der Waals surface area contributed by atoms with E-state index in [1.54, 1.807) is 18.7 Å². The van der Waals surface area contributed by atoms with Crippen LogP contribution in [0.15, 0.2) is 6.07 Å². The van der Waals surface area contributed by atoms with Gasteiger partial charge in [-0.15, -0.1) is 0 Å². The lowest BCUT2D eigenvalue weighted by atomic mass is 9.96. The zero-order chi connectivity index (χ0) is 25.0. The van der Waals surface area contributed by atoms with E-state index in [1.807, 2.05) is 25.7 Å². The van der Waals surface area contributed by atoms with Gasteiger partial charge in [0.15, 0.2) is 0 Å². The molecule has 0 saturated carbocycles. The quantitative estimate of drug-likeness (QED) is 0.583. The number of amides is 1. The van der Waals surface area contributed by atoms with Gasteiger partial charge in [0, 0.05) is 26.1 Å². The third-order valence-corrected chi connectivity index (χ3v) is 5.81. The fourth-order valence-electron chi connectivity index (χ4n) is 4.20.